The van der Waals surface area contributed by atoms with Gasteiger partial charge in [0.2, 0.25) is 0 Å². The number of fused-ring (bicyclic) bond motifs is 2. The number of benzene rings is 1. The number of likely N-dealkylation sites (tertiary alicyclic amines) is 1. The second-order valence-electron chi connectivity index (χ2n) is 7.68. The summed E-state index contributed by atoms with van der Waals surface area (Å²) in [4.78, 5) is 1.26. The predicted molar refractivity (Wildman–Crippen MR) is 90.1 cm³/mol. The van der Waals surface area contributed by atoms with Crippen LogP contribution in [0.1, 0.15) is 37.7 Å². The van der Waals surface area contributed by atoms with Crippen LogP contribution in [-0.4, -0.2) is 36.5 Å². The Bertz CT molecular complexity index is 607. The molecule has 126 valence electrons. The van der Waals surface area contributed by atoms with Gasteiger partial charge in [-0.1, -0.05) is 35.7 Å². The highest BCUT2D eigenvalue weighted by molar-refractivity contribution is 6.42. The van der Waals surface area contributed by atoms with Gasteiger partial charge in [0.15, 0.2) is 6.17 Å². The SMILES string of the molecule is OC(C[NH+]1CC2CC(F)C1C2)C1(c2ccc(Cl)c(Cl)c2)CCC1. The first-order chi connectivity index (χ1) is 11.0. The Balaban J connectivity index is 1.53. The van der Waals surface area contributed by atoms with Crippen molar-refractivity contribution in [3.8, 4) is 0 Å². The predicted octanol–water partition coefficient (Wildman–Crippen LogP) is 2.79. The van der Waals surface area contributed by atoms with E-state index in [0.717, 1.165) is 44.2 Å². The molecule has 2 saturated carbocycles. The minimum Gasteiger partial charge on any atom is -0.386 e. The summed E-state index contributed by atoms with van der Waals surface area (Å²) in [5.74, 6) is 0.513. The average Bonchev–Trinajstić information content (AvgIpc) is 3.00. The quantitative estimate of drug-likeness (QED) is 0.849. The number of aliphatic hydroxyl groups excluding tert-OH is 1. The minimum atomic E-state index is -0.682. The van der Waals surface area contributed by atoms with Gasteiger partial charge in [-0.15, -0.1) is 0 Å². The van der Waals surface area contributed by atoms with Crippen molar-refractivity contribution < 1.29 is 14.4 Å². The third-order valence-electron chi connectivity index (χ3n) is 6.49. The third-order valence-corrected chi connectivity index (χ3v) is 7.23. The molecule has 23 heavy (non-hydrogen) atoms. The van der Waals surface area contributed by atoms with E-state index in [4.69, 9.17) is 23.2 Å². The maximum Gasteiger partial charge on any atom is 0.152 e. The number of alkyl halides is 1. The summed E-state index contributed by atoms with van der Waals surface area (Å²) in [7, 11) is 0. The van der Waals surface area contributed by atoms with Crippen LogP contribution in [0.3, 0.4) is 0 Å². The summed E-state index contributed by atoms with van der Waals surface area (Å²) in [5.41, 5.74) is 0.848. The van der Waals surface area contributed by atoms with E-state index in [1.54, 1.807) is 0 Å². The number of nitrogens with one attached hydrogen (secondary N) is 1. The molecule has 2 aliphatic carbocycles. The molecule has 1 aromatic rings. The lowest BCUT2D eigenvalue weighted by atomic mass is 9.61. The van der Waals surface area contributed by atoms with Crippen LogP contribution in [-0.2, 0) is 5.41 Å². The van der Waals surface area contributed by atoms with E-state index in [9.17, 15) is 9.50 Å². The van der Waals surface area contributed by atoms with Crippen molar-refractivity contribution in [2.24, 2.45) is 5.92 Å². The minimum absolute atomic E-state index is 0.0978. The number of hydrogen-bond donors (Lipinski definition) is 2. The Kier molecular flexibility index (Phi) is 4.12. The Morgan fingerprint density at radius 1 is 1.26 bits per heavy atom. The van der Waals surface area contributed by atoms with Gasteiger partial charge in [0.25, 0.3) is 0 Å². The average molecular weight is 359 g/mol. The summed E-state index contributed by atoms with van der Waals surface area (Å²) in [6.45, 7) is 1.65. The lowest BCUT2D eigenvalue weighted by Gasteiger charge is -2.46. The van der Waals surface area contributed by atoms with Gasteiger partial charge in [-0.2, -0.15) is 0 Å². The molecule has 2 bridgehead atoms. The van der Waals surface area contributed by atoms with Crippen LogP contribution >= 0.6 is 23.2 Å². The van der Waals surface area contributed by atoms with Gasteiger partial charge in [-0.25, -0.2) is 4.39 Å². The summed E-state index contributed by atoms with van der Waals surface area (Å²) in [6.07, 6.45) is 3.63. The van der Waals surface area contributed by atoms with Crippen molar-refractivity contribution in [3.63, 3.8) is 0 Å². The first kappa shape index (κ1) is 16.1. The Morgan fingerprint density at radius 3 is 2.61 bits per heavy atom. The maximum atomic E-state index is 14.0. The van der Waals surface area contributed by atoms with Gasteiger partial charge in [0.1, 0.15) is 18.7 Å². The van der Waals surface area contributed by atoms with Crippen molar-refractivity contribution >= 4 is 23.2 Å². The van der Waals surface area contributed by atoms with E-state index < -0.39 is 12.3 Å². The van der Waals surface area contributed by atoms with Crippen molar-refractivity contribution in [1.29, 1.82) is 0 Å². The number of quaternary nitrogens is 1. The molecule has 1 heterocycles. The van der Waals surface area contributed by atoms with Crippen LogP contribution in [0.2, 0.25) is 10.0 Å². The second-order valence-corrected chi connectivity index (χ2v) is 8.50. The van der Waals surface area contributed by atoms with Crippen molar-refractivity contribution in [2.45, 2.75) is 55.8 Å². The van der Waals surface area contributed by atoms with Crippen LogP contribution in [0.25, 0.3) is 0 Å². The zero-order chi connectivity index (χ0) is 16.2. The zero-order valence-corrected chi connectivity index (χ0v) is 14.6. The summed E-state index contributed by atoms with van der Waals surface area (Å²) in [5, 5.41) is 12.1. The van der Waals surface area contributed by atoms with E-state index >= 15 is 0 Å². The fraction of sp³-hybridized carbons (Fsp3) is 0.667. The zero-order valence-electron chi connectivity index (χ0n) is 13.1. The van der Waals surface area contributed by atoms with Gasteiger partial charge in [-0.3, -0.25) is 0 Å². The van der Waals surface area contributed by atoms with Gasteiger partial charge < -0.3 is 10.0 Å². The van der Waals surface area contributed by atoms with E-state index in [1.807, 2.05) is 18.2 Å². The molecule has 1 aliphatic heterocycles. The molecule has 1 aromatic carbocycles. The van der Waals surface area contributed by atoms with Gasteiger partial charge in [0, 0.05) is 17.8 Å². The molecule has 0 spiro atoms. The molecular formula is C18H23Cl2FNO+. The number of hydrogen-bond acceptors (Lipinski definition) is 1. The molecule has 5 unspecified atom stereocenters. The standard InChI is InChI=1S/C18H22Cl2FNO/c19-13-3-2-12(8-14(13)20)18(4-1-5-18)17(23)10-22-9-11-6-15(21)16(22)7-11/h2-3,8,11,15-17,23H,1,4-7,9-10H2/p+1. The van der Waals surface area contributed by atoms with Crippen molar-refractivity contribution in [3.05, 3.63) is 33.8 Å². The normalized spacial score (nSPS) is 36.0. The third kappa shape index (κ3) is 2.60. The van der Waals surface area contributed by atoms with Crippen molar-refractivity contribution in [2.75, 3.05) is 13.1 Å². The summed E-state index contributed by atoms with van der Waals surface area (Å²) >= 11 is 12.2. The molecule has 1 saturated heterocycles. The Morgan fingerprint density at radius 2 is 2.04 bits per heavy atom. The first-order valence-electron chi connectivity index (χ1n) is 8.62. The van der Waals surface area contributed by atoms with Crippen LogP contribution in [0.15, 0.2) is 18.2 Å². The van der Waals surface area contributed by atoms with E-state index in [2.05, 4.69) is 0 Å². The smallest absolute Gasteiger partial charge is 0.152 e. The molecule has 2 nitrogen and oxygen atoms in total. The highest BCUT2D eigenvalue weighted by Gasteiger charge is 2.52. The van der Waals surface area contributed by atoms with Crippen LogP contribution < -0.4 is 4.90 Å². The highest BCUT2D eigenvalue weighted by atomic mass is 35.5. The number of aliphatic hydroxyl groups is 1. The largest absolute Gasteiger partial charge is 0.386 e. The van der Waals surface area contributed by atoms with Crippen LogP contribution in [0.4, 0.5) is 4.39 Å². The number of rotatable bonds is 4. The first-order valence-corrected chi connectivity index (χ1v) is 9.37. The molecule has 5 heteroatoms. The maximum absolute atomic E-state index is 14.0. The van der Waals surface area contributed by atoms with E-state index in [0.29, 0.717) is 22.5 Å². The summed E-state index contributed by atoms with van der Waals surface area (Å²) < 4.78 is 14.0. The highest BCUT2D eigenvalue weighted by Crippen LogP contribution is 2.47. The van der Waals surface area contributed by atoms with E-state index in [1.165, 1.54) is 4.90 Å². The number of halogens is 3. The lowest BCUT2D eigenvalue weighted by molar-refractivity contribution is -0.923. The Labute approximate surface area is 146 Å². The summed E-state index contributed by atoms with van der Waals surface area (Å²) in [6, 6.07) is 5.80. The second kappa shape index (κ2) is 5.87. The van der Waals surface area contributed by atoms with Gasteiger partial charge >= 0.3 is 0 Å². The van der Waals surface area contributed by atoms with Gasteiger partial charge in [-0.05, 0) is 37.0 Å². The monoisotopic (exact) mass is 358 g/mol. The van der Waals surface area contributed by atoms with Crippen molar-refractivity contribution in [1.82, 2.24) is 0 Å². The number of piperidine rings is 1. The topological polar surface area (TPSA) is 24.7 Å². The fourth-order valence-electron chi connectivity index (χ4n) is 5.05. The molecule has 0 amide bonds. The molecule has 3 fully saturated rings. The molecular weight excluding hydrogens is 336 g/mol. The molecule has 3 aliphatic rings. The molecule has 0 aromatic heterocycles. The molecule has 4 rings (SSSR count). The van der Waals surface area contributed by atoms with Crippen LogP contribution in [0, 0.1) is 5.92 Å². The van der Waals surface area contributed by atoms with E-state index in [-0.39, 0.29) is 11.5 Å². The molecule has 5 atom stereocenters. The molecule has 2 N–H and O–H groups in total. The van der Waals surface area contributed by atoms with Crippen LogP contribution in [0.5, 0.6) is 0 Å². The lowest BCUT2D eigenvalue weighted by Crippen LogP contribution is -3.17. The van der Waals surface area contributed by atoms with Gasteiger partial charge in [0.05, 0.1) is 16.6 Å². The molecule has 0 radical (unpaired) electrons. The Hall–Kier alpha value is -0.350. The fourth-order valence-corrected chi connectivity index (χ4v) is 5.35.